The van der Waals surface area contributed by atoms with Crippen LogP contribution in [-0.2, 0) is 27.2 Å². The molecular formula is C26H29F7N2O4S. The van der Waals surface area contributed by atoms with E-state index in [-0.39, 0.29) is 49.4 Å². The lowest BCUT2D eigenvalue weighted by Crippen LogP contribution is -2.49. The standard InChI is InChI=1S/C26H29F7N2O4S/c1-24(2,12-3-15-39-22-16-17(25(28,29)30)4-9-21(22)26(31,32)33)23(36)34-19-10-13-35(14-11-19)40(37,38)20-7-5-18(27)6-8-20/h4-9,16,19H,3,10-15H2,1-2H3,(H,34,36). The van der Waals surface area contributed by atoms with E-state index in [2.05, 4.69) is 5.32 Å². The molecule has 0 unspecified atom stereocenters. The number of amides is 1. The minimum atomic E-state index is -4.91. The van der Waals surface area contributed by atoms with Gasteiger partial charge in [-0.25, -0.2) is 12.8 Å². The normalized spacial score (nSPS) is 16.1. The maximum absolute atomic E-state index is 13.2. The van der Waals surface area contributed by atoms with Crippen LogP contribution in [0.1, 0.15) is 50.7 Å². The number of ether oxygens (including phenoxy) is 1. The first kappa shape index (κ1) is 31.7. The van der Waals surface area contributed by atoms with E-state index in [0.717, 1.165) is 12.1 Å². The number of benzene rings is 2. The lowest BCUT2D eigenvalue weighted by Gasteiger charge is -2.33. The molecule has 0 bridgehead atoms. The smallest absolute Gasteiger partial charge is 0.419 e. The number of hydrogen-bond acceptors (Lipinski definition) is 4. The van der Waals surface area contributed by atoms with Gasteiger partial charge in [0.25, 0.3) is 0 Å². The number of carbonyl (C=O) groups is 1. The van der Waals surface area contributed by atoms with E-state index < -0.39 is 50.5 Å². The number of carbonyl (C=O) groups excluding carboxylic acids is 1. The third kappa shape index (κ3) is 7.87. The van der Waals surface area contributed by atoms with Crippen molar-refractivity contribution < 1.29 is 48.7 Å². The summed E-state index contributed by atoms with van der Waals surface area (Å²) in [7, 11) is -3.81. The topological polar surface area (TPSA) is 75.7 Å². The van der Waals surface area contributed by atoms with Gasteiger partial charge in [-0.1, -0.05) is 13.8 Å². The van der Waals surface area contributed by atoms with E-state index in [0.29, 0.717) is 31.0 Å². The third-order valence-corrected chi connectivity index (χ3v) is 8.59. The summed E-state index contributed by atoms with van der Waals surface area (Å²) < 4.78 is 124. The second-order valence-electron chi connectivity index (χ2n) is 10.1. The lowest BCUT2D eigenvalue weighted by atomic mass is 9.86. The van der Waals surface area contributed by atoms with Gasteiger partial charge < -0.3 is 10.1 Å². The number of halogens is 7. The van der Waals surface area contributed by atoms with Crippen LogP contribution in [0, 0.1) is 11.2 Å². The van der Waals surface area contributed by atoms with Crippen molar-refractivity contribution in [1.82, 2.24) is 9.62 Å². The van der Waals surface area contributed by atoms with Gasteiger partial charge in [0.15, 0.2) is 0 Å². The van der Waals surface area contributed by atoms with E-state index in [4.69, 9.17) is 4.74 Å². The zero-order valence-electron chi connectivity index (χ0n) is 21.7. The molecule has 6 nitrogen and oxygen atoms in total. The van der Waals surface area contributed by atoms with Crippen molar-refractivity contribution in [2.24, 2.45) is 5.41 Å². The lowest BCUT2D eigenvalue weighted by molar-refractivity contribution is -0.142. The minimum Gasteiger partial charge on any atom is -0.493 e. The van der Waals surface area contributed by atoms with Gasteiger partial charge in [-0.05, 0) is 68.1 Å². The van der Waals surface area contributed by atoms with E-state index in [9.17, 15) is 43.9 Å². The van der Waals surface area contributed by atoms with Crippen LogP contribution in [0.5, 0.6) is 5.75 Å². The Kier molecular flexibility index (Phi) is 9.44. The highest BCUT2D eigenvalue weighted by atomic mass is 32.2. The summed E-state index contributed by atoms with van der Waals surface area (Å²) in [5.41, 5.74) is -3.58. The molecule has 1 N–H and O–H groups in total. The molecule has 1 aliphatic rings. The maximum atomic E-state index is 13.2. The van der Waals surface area contributed by atoms with Crippen LogP contribution in [0.15, 0.2) is 47.4 Å². The molecule has 0 saturated carbocycles. The zero-order valence-corrected chi connectivity index (χ0v) is 22.5. The van der Waals surface area contributed by atoms with Crippen molar-refractivity contribution >= 4 is 15.9 Å². The molecule has 40 heavy (non-hydrogen) atoms. The summed E-state index contributed by atoms with van der Waals surface area (Å²) in [4.78, 5) is 12.8. The van der Waals surface area contributed by atoms with Crippen LogP contribution in [0.25, 0.3) is 0 Å². The molecule has 14 heteroatoms. The Morgan fingerprint density at radius 2 is 1.57 bits per heavy atom. The van der Waals surface area contributed by atoms with Crippen LogP contribution in [-0.4, -0.2) is 44.4 Å². The SMILES string of the molecule is CC(C)(CCCOc1cc(C(F)(F)F)ccc1C(F)(F)F)C(=O)NC1CCN(S(=O)(=O)c2ccc(F)cc2)CC1. The van der Waals surface area contributed by atoms with Gasteiger partial charge in [-0.15, -0.1) is 0 Å². The van der Waals surface area contributed by atoms with Gasteiger partial charge in [0.1, 0.15) is 11.6 Å². The van der Waals surface area contributed by atoms with Gasteiger partial charge >= 0.3 is 12.4 Å². The quantitative estimate of drug-likeness (QED) is 0.283. The number of hydrogen-bond donors (Lipinski definition) is 1. The van der Waals surface area contributed by atoms with Crippen molar-refractivity contribution in [2.75, 3.05) is 19.7 Å². The molecule has 0 atom stereocenters. The molecule has 3 rings (SSSR count). The summed E-state index contributed by atoms with van der Waals surface area (Å²) in [5.74, 6) is -1.86. The fourth-order valence-corrected chi connectivity index (χ4v) is 5.71. The Labute approximate surface area is 227 Å². The Morgan fingerprint density at radius 3 is 2.12 bits per heavy atom. The van der Waals surface area contributed by atoms with Crippen LogP contribution in [0.2, 0.25) is 0 Å². The van der Waals surface area contributed by atoms with E-state index in [1.54, 1.807) is 13.8 Å². The van der Waals surface area contributed by atoms with Crippen LogP contribution >= 0.6 is 0 Å². The fourth-order valence-electron chi connectivity index (χ4n) is 4.24. The molecule has 1 aliphatic heterocycles. The molecule has 0 aromatic heterocycles. The largest absolute Gasteiger partial charge is 0.493 e. The van der Waals surface area contributed by atoms with Gasteiger partial charge in [-0.2, -0.15) is 30.6 Å². The van der Waals surface area contributed by atoms with Crippen molar-refractivity contribution in [3.05, 3.63) is 59.4 Å². The Balaban J connectivity index is 1.51. The molecular weight excluding hydrogens is 569 g/mol. The first-order valence-corrected chi connectivity index (χ1v) is 13.8. The first-order chi connectivity index (χ1) is 18.4. The maximum Gasteiger partial charge on any atom is 0.419 e. The third-order valence-electron chi connectivity index (χ3n) is 6.67. The van der Waals surface area contributed by atoms with Gasteiger partial charge in [-0.3, -0.25) is 4.79 Å². The van der Waals surface area contributed by atoms with Crippen LogP contribution in [0.3, 0.4) is 0 Å². The molecule has 1 amide bonds. The van der Waals surface area contributed by atoms with Crippen LogP contribution < -0.4 is 10.1 Å². The predicted molar refractivity (Wildman–Crippen MR) is 131 cm³/mol. The molecule has 0 aliphatic carbocycles. The summed E-state index contributed by atoms with van der Waals surface area (Å²) in [5, 5.41) is 2.87. The molecule has 1 saturated heterocycles. The molecule has 2 aromatic rings. The average molecular weight is 599 g/mol. The summed E-state index contributed by atoms with van der Waals surface area (Å²) in [6, 6.07) is 5.13. The van der Waals surface area contributed by atoms with Gasteiger partial charge in [0.05, 0.1) is 22.6 Å². The summed E-state index contributed by atoms with van der Waals surface area (Å²) in [6.45, 7) is 3.15. The fraction of sp³-hybridized carbons (Fsp3) is 0.500. The number of sulfonamides is 1. The number of rotatable bonds is 9. The predicted octanol–water partition coefficient (Wildman–Crippen LogP) is 6.02. The number of nitrogens with zero attached hydrogens (tertiary/aromatic N) is 1. The first-order valence-electron chi connectivity index (χ1n) is 12.4. The van der Waals surface area contributed by atoms with E-state index >= 15 is 0 Å². The molecule has 1 fully saturated rings. The molecule has 0 radical (unpaired) electrons. The Morgan fingerprint density at radius 1 is 0.975 bits per heavy atom. The van der Waals surface area contributed by atoms with Crippen molar-refractivity contribution in [3.63, 3.8) is 0 Å². The van der Waals surface area contributed by atoms with Crippen LogP contribution in [0.4, 0.5) is 30.7 Å². The Hall–Kier alpha value is -2.87. The molecule has 222 valence electrons. The molecule has 1 heterocycles. The van der Waals surface area contributed by atoms with E-state index in [1.807, 2.05) is 0 Å². The highest BCUT2D eigenvalue weighted by Crippen LogP contribution is 2.40. The van der Waals surface area contributed by atoms with Gasteiger partial charge in [0, 0.05) is 24.5 Å². The number of nitrogens with one attached hydrogen (secondary N) is 1. The number of alkyl halides is 6. The molecule has 0 spiro atoms. The highest BCUT2D eigenvalue weighted by molar-refractivity contribution is 7.89. The number of piperidine rings is 1. The minimum absolute atomic E-state index is 0.0350. The van der Waals surface area contributed by atoms with Crippen molar-refractivity contribution in [3.8, 4) is 5.75 Å². The zero-order chi connectivity index (χ0) is 29.9. The molecule has 2 aromatic carbocycles. The highest BCUT2D eigenvalue weighted by Gasteiger charge is 2.38. The monoisotopic (exact) mass is 598 g/mol. The summed E-state index contributed by atoms with van der Waals surface area (Å²) >= 11 is 0. The van der Waals surface area contributed by atoms with Crippen molar-refractivity contribution in [1.29, 1.82) is 0 Å². The van der Waals surface area contributed by atoms with Crippen molar-refractivity contribution in [2.45, 2.75) is 62.8 Å². The van der Waals surface area contributed by atoms with E-state index in [1.165, 1.54) is 16.4 Å². The Bertz CT molecular complexity index is 1290. The second kappa shape index (κ2) is 11.9. The summed E-state index contributed by atoms with van der Waals surface area (Å²) in [6.07, 6.45) is -8.84. The second-order valence-corrected chi connectivity index (χ2v) is 12.1. The van der Waals surface area contributed by atoms with Gasteiger partial charge in [0.2, 0.25) is 15.9 Å². The average Bonchev–Trinajstić information content (AvgIpc) is 2.86.